The van der Waals surface area contributed by atoms with Gasteiger partial charge in [0, 0.05) is 22.3 Å². The van der Waals surface area contributed by atoms with Crippen LogP contribution in [0.25, 0.3) is 0 Å². The summed E-state index contributed by atoms with van der Waals surface area (Å²) >= 11 is 0. The third-order valence-corrected chi connectivity index (χ3v) is 4.35. The molecule has 0 N–H and O–H groups in total. The first kappa shape index (κ1) is 15.9. The van der Waals surface area contributed by atoms with Gasteiger partial charge in [0.15, 0.2) is 11.6 Å². The first-order valence-corrected chi connectivity index (χ1v) is 7.89. The molecule has 0 unspecified atom stereocenters. The van der Waals surface area contributed by atoms with E-state index in [1.807, 2.05) is 50.2 Å². The molecule has 3 aromatic rings. The van der Waals surface area contributed by atoms with Crippen LogP contribution in [-0.2, 0) is 0 Å². The second-order valence-corrected chi connectivity index (χ2v) is 5.80. The third-order valence-electron chi connectivity index (χ3n) is 4.35. The topological polar surface area (TPSA) is 34.1 Å². The quantitative estimate of drug-likeness (QED) is 0.650. The smallest absolute Gasteiger partial charge is 0.193 e. The van der Waals surface area contributed by atoms with Gasteiger partial charge in [-0.3, -0.25) is 9.59 Å². The second kappa shape index (κ2) is 6.63. The van der Waals surface area contributed by atoms with E-state index >= 15 is 0 Å². The number of hydrogen-bond donors (Lipinski definition) is 0. The summed E-state index contributed by atoms with van der Waals surface area (Å²) in [5.74, 6) is -0.0372. The summed E-state index contributed by atoms with van der Waals surface area (Å²) in [5.41, 5.74) is 4.30. The normalized spacial score (nSPS) is 10.4. The molecule has 0 aromatic heterocycles. The Kier molecular flexibility index (Phi) is 4.39. The molecule has 0 aliphatic rings. The van der Waals surface area contributed by atoms with Gasteiger partial charge in [-0.2, -0.15) is 0 Å². The van der Waals surface area contributed by atoms with Crippen LogP contribution in [0.15, 0.2) is 72.8 Å². The van der Waals surface area contributed by atoms with Crippen LogP contribution in [-0.4, -0.2) is 11.6 Å². The number of carbonyl (C=O) groups excluding carboxylic acids is 2. The van der Waals surface area contributed by atoms with Crippen molar-refractivity contribution in [1.29, 1.82) is 0 Å². The van der Waals surface area contributed by atoms with E-state index < -0.39 is 0 Å². The zero-order valence-electron chi connectivity index (χ0n) is 13.7. The first-order valence-electron chi connectivity index (χ1n) is 7.89. The Bertz CT molecular complexity index is 818. The number of rotatable bonds is 4. The number of carbonyl (C=O) groups is 2. The van der Waals surface area contributed by atoms with Crippen LogP contribution in [0.5, 0.6) is 0 Å². The molecule has 3 aromatic carbocycles. The predicted molar refractivity (Wildman–Crippen MR) is 95.7 cm³/mol. The third kappa shape index (κ3) is 2.91. The Morgan fingerprint density at radius 1 is 0.542 bits per heavy atom. The summed E-state index contributed by atoms with van der Waals surface area (Å²) in [4.78, 5) is 25.4. The van der Waals surface area contributed by atoms with E-state index in [-0.39, 0.29) is 11.6 Å². The van der Waals surface area contributed by atoms with E-state index in [0.29, 0.717) is 22.3 Å². The molecule has 0 radical (unpaired) electrons. The molecule has 0 aliphatic heterocycles. The maximum atomic E-state index is 12.7. The van der Waals surface area contributed by atoms with Crippen molar-refractivity contribution < 1.29 is 9.59 Å². The highest BCUT2D eigenvalue weighted by Gasteiger charge is 2.18. The van der Waals surface area contributed by atoms with Gasteiger partial charge in [0.1, 0.15) is 0 Å². The monoisotopic (exact) mass is 314 g/mol. The van der Waals surface area contributed by atoms with Gasteiger partial charge in [0.25, 0.3) is 0 Å². The molecule has 0 atom stereocenters. The summed E-state index contributed by atoms with van der Waals surface area (Å²) in [6, 6.07) is 21.9. The van der Waals surface area contributed by atoms with Crippen LogP contribution in [0.2, 0.25) is 0 Å². The lowest BCUT2D eigenvalue weighted by atomic mass is 9.90. The van der Waals surface area contributed by atoms with Crippen molar-refractivity contribution in [2.45, 2.75) is 13.8 Å². The van der Waals surface area contributed by atoms with Gasteiger partial charge in [-0.25, -0.2) is 0 Å². The van der Waals surface area contributed by atoms with Gasteiger partial charge >= 0.3 is 0 Å². The van der Waals surface area contributed by atoms with Crippen LogP contribution in [0, 0.1) is 13.8 Å². The standard InChI is InChI=1S/C22H18O2/c1-15-16(2)20(22(24)18-11-7-4-8-12-18)14-13-19(15)21(23)17-9-5-3-6-10-17/h3-14H,1-2H3. The minimum atomic E-state index is -0.0186. The highest BCUT2D eigenvalue weighted by atomic mass is 16.1. The fourth-order valence-electron chi connectivity index (χ4n) is 2.80. The van der Waals surface area contributed by atoms with Crippen LogP contribution in [0.3, 0.4) is 0 Å². The molecule has 0 aliphatic carbocycles. The number of ketones is 2. The van der Waals surface area contributed by atoms with E-state index in [9.17, 15) is 9.59 Å². The minimum Gasteiger partial charge on any atom is -0.289 e. The average molecular weight is 314 g/mol. The Labute approximate surface area is 141 Å². The number of hydrogen-bond acceptors (Lipinski definition) is 2. The predicted octanol–water partition coefficient (Wildman–Crippen LogP) is 4.77. The highest BCUT2D eigenvalue weighted by Crippen LogP contribution is 2.23. The lowest BCUT2D eigenvalue weighted by molar-refractivity contribution is 0.102. The average Bonchev–Trinajstić information content (AvgIpc) is 2.64. The molecule has 118 valence electrons. The Hall–Kier alpha value is -3.00. The van der Waals surface area contributed by atoms with Crippen LogP contribution in [0.1, 0.15) is 43.0 Å². The van der Waals surface area contributed by atoms with Gasteiger partial charge in [-0.05, 0) is 25.0 Å². The zero-order valence-corrected chi connectivity index (χ0v) is 13.7. The molecule has 0 spiro atoms. The van der Waals surface area contributed by atoms with Crippen LogP contribution < -0.4 is 0 Å². The Balaban J connectivity index is 2.01. The zero-order chi connectivity index (χ0) is 17.1. The molecule has 2 nitrogen and oxygen atoms in total. The molecule has 24 heavy (non-hydrogen) atoms. The molecule has 0 saturated carbocycles. The molecule has 0 saturated heterocycles. The second-order valence-electron chi connectivity index (χ2n) is 5.80. The molecule has 0 fully saturated rings. The van der Waals surface area contributed by atoms with Gasteiger partial charge < -0.3 is 0 Å². The highest BCUT2D eigenvalue weighted by molar-refractivity contribution is 6.13. The van der Waals surface area contributed by atoms with Crippen molar-refractivity contribution in [3.63, 3.8) is 0 Å². The summed E-state index contributed by atoms with van der Waals surface area (Å²) in [6.07, 6.45) is 0. The lowest BCUT2D eigenvalue weighted by Crippen LogP contribution is -2.10. The molecule has 0 heterocycles. The summed E-state index contributed by atoms with van der Waals surface area (Å²) in [7, 11) is 0. The van der Waals surface area contributed by atoms with Crippen LogP contribution in [0.4, 0.5) is 0 Å². The minimum absolute atomic E-state index is 0.0186. The van der Waals surface area contributed by atoms with E-state index in [1.165, 1.54) is 0 Å². The Morgan fingerprint density at radius 3 is 1.21 bits per heavy atom. The van der Waals surface area contributed by atoms with Gasteiger partial charge in [-0.15, -0.1) is 0 Å². The fourth-order valence-corrected chi connectivity index (χ4v) is 2.80. The number of benzene rings is 3. The SMILES string of the molecule is Cc1c(C(=O)c2ccccc2)ccc(C(=O)c2ccccc2)c1C. The molecule has 0 amide bonds. The van der Waals surface area contributed by atoms with Crippen molar-refractivity contribution in [2.75, 3.05) is 0 Å². The van der Waals surface area contributed by atoms with E-state index in [0.717, 1.165) is 11.1 Å². The Morgan fingerprint density at radius 2 is 0.875 bits per heavy atom. The van der Waals surface area contributed by atoms with Crippen molar-refractivity contribution in [1.82, 2.24) is 0 Å². The molecular formula is C22H18O2. The molecule has 2 heteroatoms. The van der Waals surface area contributed by atoms with Crippen molar-refractivity contribution in [3.05, 3.63) is 106 Å². The molecule has 3 rings (SSSR count). The van der Waals surface area contributed by atoms with Crippen molar-refractivity contribution in [3.8, 4) is 0 Å². The summed E-state index contributed by atoms with van der Waals surface area (Å²) < 4.78 is 0. The van der Waals surface area contributed by atoms with E-state index in [2.05, 4.69) is 0 Å². The van der Waals surface area contributed by atoms with Crippen molar-refractivity contribution in [2.24, 2.45) is 0 Å². The van der Waals surface area contributed by atoms with Crippen molar-refractivity contribution >= 4 is 11.6 Å². The molecular weight excluding hydrogens is 296 g/mol. The van der Waals surface area contributed by atoms with Gasteiger partial charge in [0.2, 0.25) is 0 Å². The maximum Gasteiger partial charge on any atom is 0.193 e. The first-order chi connectivity index (χ1) is 11.6. The lowest BCUT2D eigenvalue weighted by Gasteiger charge is -2.12. The largest absolute Gasteiger partial charge is 0.289 e. The summed E-state index contributed by atoms with van der Waals surface area (Å²) in [6.45, 7) is 3.79. The van der Waals surface area contributed by atoms with Gasteiger partial charge in [0.05, 0.1) is 0 Å². The molecule has 0 bridgehead atoms. The van der Waals surface area contributed by atoms with E-state index in [1.54, 1.807) is 36.4 Å². The van der Waals surface area contributed by atoms with E-state index in [4.69, 9.17) is 0 Å². The van der Waals surface area contributed by atoms with Crippen LogP contribution >= 0.6 is 0 Å². The van der Waals surface area contributed by atoms with Gasteiger partial charge in [-0.1, -0.05) is 72.8 Å². The summed E-state index contributed by atoms with van der Waals surface area (Å²) in [5, 5.41) is 0. The fraction of sp³-hybridized carbons (Fsp3) is 0.0909. The maximum absolute atomic E-state index is 12.7.